The lowest BCUT2D eigenvalue weighted by molar-refractivity contribution is -0.151. The van der Waals surface area contributed by atoms with Crippen molar-refractivity contribution in [3.05, 3.63) is 35.9 Å². The van der Waals surface area contributed by atoms with Crippen LogP contribution in [-0.2, 0) is 4.79 Å². The smallest absolute Gasteiger partial charge is 0.225 e. The normalized spacial score (nSPS) is 25.8. The number of rotatable bonds is 2. The lowest BCUT2D eigenvalue weighted by Crippen LogP contribution is -2.54. The quantitative estimate of drug-likeness (QED) is 0.784. The minimum Gasteiger partial charge on any atom is -0.332 e. The maximum atomic E-state index is 11.8. The van der Waals surface area contributed by atoms with E-state index in [1.807, 2.05) is 6.07 Å². The second-order valence-electron chi connectivity index (χ2n) is 4.91. The highest BCUT2D eigenvalue weighted by molar-refractivity contribution is 5.84. The zero-order chi connectivity index (χ0) is 11.7. The number of hydrogen-bond acceptors (Lipinski definition) is 2. The van der Waals surface area contributed by atoms with Gasteiger partial charge >= 0.3 is 0 Å². The summed E-state index contributed by atoms with van der Waals surface area (Å²) >= 11 is 0. The van der Waals surface area contributed by atoms with Crippen LogP contribution in [0.5, 0.6) is 0 Å². The fraction of sp³-hybridized carbons (Fsp3) is 0.500. The summed E-state index contributed by atoms with van der Waals surface area (Å²) < 4.78 is 0. The third kappa shape index (κ3) is 1.95. The Bertz CT molecular complexity index is 398. The van der Waals surface area contributed by atoms with Gasteiger partial charge in [0, 0.05) is 6.04 Å². The molecule has 1 amide bonds. The SMILES string of the molecule is O=C1CC(c2ccccc2)N1C1CCNCC1. The Balaban J connectivity index is 1.76. The number of hydrogen-bond donors (Lipinski definition) is 1. The van der Waals surface area contributed by atoms with E-state index in [2.05, 4.69) is 34.5 Å². The second-order valence-corrected chi connectivity index (χ2v) is 4.91. The van der Waals surface area contributed by atoms with Gasteiger partial charge in [-0.25, -0.2) is 0 Å². The predicted molar refractivity (Wildman–Crippen MR) is 66.5 cm³/mol. The maximum Gasteiger partial charge on any atom is 0.225 e. The molecule has 2 saturated heterocycles. The van der Waals surface area contributed by atoms with Gasteiger partial charge in [-0.1, -0.05) is 30.3 Å². The molecule has 1 aromatic carbocycles. The first-order valence-electron chi connectivity index (χ1n) is 6.43. The highest BCUT2D eigenvalue weighted by Gasteiger charge is 2.41. The van der Waals surface area contributed by atoms with Gasteiger partial charge in [-0.05, 0) is 31.5 Å². The molecule has 2 heterocycles. The summed E-state index contributed by atoms with van der Waals surface area (Å²) in [6.45, 7) is 2.08. The van der Waals surface area contributed by atoms with Crippen LogP contribution >= 0.6 is 0 Å². The average Bonchev–Trinajstić information content (AvgIpc) is 2.38. The van der Waals surface area contributed by atoms with Crippen molar-refractivity contribution in [2.45, 2.75) is 31.3 Å². The average molecular weight is 230 g/mol. The molecule has 3 heteroatoms. The van der Waals surface area contributed by atoms with Crippen molar-refractivity contribution in [1.29, 1.82) is 0 Å². The number of amides is 1. The van der Waals surface area contributed by atoms with Crippen molar-refractivity contribution in [1.82, 2.24) is 10.2 Å². The number of nitrogens with one attached hydrogen (secondary N) is 1. The van der Waals surface area contributed by atoms with Crippen LogP contribution in [0.25, 0.3) is 0 Å². The molecule has 0 bridgehead atoms. The molecule has 0 aromatic heterocycles. The lowest BCUT2D eigenvalue weighted by atomic mass is 9.89. The molecule has 2 aliphatic rings. The Morgan fingerprint density at radius 3 is 2.47 bits per heavy atom. The van der Waals surface area contributed by atoms with Gasteiger partial charge in [0.1, 0.15) is 0 Å². The number of piperidine rings is 1. The van der Waals surface area contributed by atoms with E-state index in [0.717, 1.165) is 25.9 Å². The van der Waals surface area contributed by atoms with E-state index in [0.29, 0.717) is 24.4 Å². The molecule has 1 aromatic rings. The number of benzene rings is 1. The van der Waals surface area contributed by atoms with Gasteiger partial charge in [0.15, 0.2) is 0 Å². The van der Waals surface area contributed by atoms with Gasteiger partial charge in [-0.3, -0.25) is 4.79 Å². The van der Waals surface area contributed by atoms with E-state index in [4.69, 9.17) is 0 Å². The summed E-state index contributed by atoms with van der Waals surface area (Å²) in [5.74, 6) is 0.325. The highest BCUT2D eigenvalue weighted by Crippen LogP contribution is 2.37. The van der Waals surface area contributed by atoms with E-state index in [9.17, 15) is 4.79 Å². The van der Waals surface area contributed by atoms with E-state index in [1.54, 1.807) is 0 Å². The fourth-order valence-corrected chi connectivity index (χ4v) is 2.93. The van der Waals surface area contributed by atoms with Gasteiger partial charge in [0.05, 0.1) is 12.5 Å². The molecule has 0 saturated carbocycles. The van der Waals surface area contributed by atoms with Crippen LogP contribution < -0.4 is 5.32 Å². The van der Waals surface area contributed by atoms with Gasteiger partial charge in [-0.2, -0.15) is 0 Å². The Morgan fingerprint density at radius 1 is 1.12 bits per heavy atom. The van der Waals surface area contributed by atoms with Gasteiger partial charge in [0.25, 0.3) is 0 Å². The zero-order valence-electron chi connectivity index (χ0n) is 9.93. The van der Waals surface area contributed by atoms with E-state index in [1.165, 1.54) is 5.56 Å². The highest BCUT2D eigenvalue weighted by atomic mass is 16.2. The molecule has 2 aliphatic heterocycles. The molecule has 1 unspecified atom stereocenters. The molecular weight excluding hydrogens is 212 g/mol. The van der Waals surface area contributed by atoms with Crippen LogP contribution in [0, 0.1) is 0 Å². The summed E-state index contributed by atoms with van der Waals surface area (Å²) in [5.41, 5.74) is 1.28. The molecular formula is C14H18N2O. The van der Waals surface area contributed by atoms with Gasteiger partial charge in [0.2, 0.25) is 5.91 Å². The standard InChI is InChI=1S/C14H18N2O/c17-14-10-13(11-4-2-1-3-5-11)16(14)12-6-8-15-9-7-12/h1-5,12-13,15H,6-10H2. The lowest BCUT2D eigenvalue weighted by Gasteiger charge is -2.47. The molecule has 1 atom stereocenters. The summed E-state index contributed by atoms with van der Waals surface area (Å²) in [6, 6.07) is 11.2. The number of carbonyl (C=O) groups is 1. The van der Waals surface area contributed by atoms with E-state index < -0.39 is 0 Å². The number of likely N-dealkylation sites (tertiary alicyclic amines) is 1. The monoisotopic (exact) mass is 230 g/mol. The van der Waals surface area contributed by atoms with Crippen molar-refractivity contribution < 1.29 is 4.79 Å². The van der Waals surface area contributed by atoms with Crippen LogP contribution in [0.3, 0.4) is 0 Å². The van der Waals surface area contributed by atoms with Crippen LogP contribution in [0.1, 0.15) is 30.9 Å². The number of nitrogens with zero attached hydrogens (tertiary/aromatic N) is 1. The Hall–Kier alpha value is -1.35. The van der Waals surface area contributed by atoms with E-state index >= 15 is 0 Å². The van der Waals surface area contributed by atoms with Crippen molar-refractivity contribution in [3.63, 3.8) is 0 Å². The van der Waals surface area contributed by atoms with Gasteiger partial charge in [-0.15, -0.1) is 0 Å². The second kappa shape index (κ2) is 4.49. The number of carbonyl (C=O) groups excluding carboxylic acids is 1. The van der Waals surface area contributed by atoms with Crippen LogP contribution in [0.15, 0.2) is 30.3 Å². The molecule has 17 heavy (non-hydrogen) atoms. The van der Waals surface area contributed by atoms with Crippen molar-refractivity contribution in [3.8, 4) is 0 Å². The minimum atomic E-state index is 0.325. The fourth-order valence-electron chi connectivity index (χ4n) is 2.93. The van der Waals surface area contributed by atoms with Crippen LogP contribution in [-0.4, -0.2) is 29.9 Å². The topological polar surface area (TPSA) is 32.3 Å². The molecule has 2 fully saturated rings. The number of β-lactam (4-membered cyclic amide) rings is 1. The molecule has 90 valence electrons. The van der Waals surface area contributed by atoms with Crippen LogP contribution in [0.4, 0.5) is 0 Å². The minimum absolute atomic E-state index is 0.325. The maximum absolute atomic E-state index is 11.8. The Morgan fingerprint density at radius 2 is 1.82 bits per heavy atom. The summed E-state index contributed by atoms with van der Waals surface area (Å²) in [5, 5.41) is 3.35. The first-order valence-corrected chi connectivity index (χ1v) is 6.43. The molecule has 0 aliphatic carbocycles. The van der Waals surface area contributed by atoms with Gasteiger partial charge < -0.3 is 10.2 Å². The Kier molecular flexibility index (Phi) is 2.85. The van der Waals surface area contributed by atoms with Crippen molar-refractivity contribution in [2.75, 3.05) is 13.1 Å². The molecule has 0 radical (unpaired) electrons. The molecule has 1 N–H and O–H groups in total. The largest absolute Gasteiger partial charge is 0.332 e. The molecule has 3 rings (SSSR count). The Labute approximate surface area is 102 Å². The van der Waals surface area contributed by atoms with Crippen molar-refractivity contribution >= 4 is 5.91 Å². The third-order valence-electron chi connectivity index (χ3n) is 3.88. The molecule has 3 nitrogen and oxygen atoms in total. The first-order chi connectivity index (χ1) is 8.36. The molecule has 0 spiro atoms. The van der Waals surface area contributed by atoms with Crippen LogP contribution in [0.2, 0.25) is 0 Å². The summed E-state index contributed by atoms with van der Waals surface area (Å²) in [7, 11) is 0. The first kappa shape index (κ1) is 10.8. The predicted octanol–water partition coefficient (Wildman–Crippen LogP) is 1.71. The third-order valence-corrected chi connectivity index (χ3v) is 3.88. The summed E-state index contributed by atoms with van der Waals surface area (Å²) in [6.07, 6.45) is 2.87. The zero-order valence-corrected chi connectivity index (χ0v) is 9.93. The van der Waals surface area contributed by atoms with E-state index in [-0.39, 0.29) is 0 Å². The summed E-state index contributed by atoms with van der Waals surface area (Å²) in [4.78, 5) is 13.9. The van der Waals surface area contributed by atoms with Crippen molar-refractivity contribution in [2.24, 2.45) is 0 Å².